The van der Waals surface area contributed by atoms with Crippen LogP contribution in [-0.4, -0.2) is 95.3 Å². The van der Waals surface area contributed by atoms with Gasteiger partial charge in [0.05, 0.1) is 24.5 Å². The van der Waals surface area contributed by atoms with Gasteiger partial charge in [-0.25, -0.2) is 9.59 Å². The molecular weight excluding hydrogens is 564 g/mol. The van der Waals surface area contributed by atoms with Crippen LogP contribution in [0.4, 0.5) is 4.79 Å². The molecule has 2 aliphatic heterocycles. The lowest BCUT2D eigenvalue weighted by Crippen LogP contribution is -2.74. The number of ether oxygens (including phenoxy) is 5. The van der Waals surface area contributed by atoms with E-state index >= 15 is 0 Å². The molecule has 3 N–H and O–H groups in total. The fourth-order valence-corrected chi connectivity index (χ4v) is 6.89. The Bertz CT molecular complexity index is 1380. The Balaban J connectivity index is 1.33. The first kappa shape index (κ1) is 30.6. The van der Waals surface area contributed by atoms with Crippen LogP contribution in [0.5, 0.6) is 11.5 Å². The summed E-state index contributed by atoms with van der Waals surface area (Å²) in [6.45, 7) is 6.80. The van der Waals surface area contributed by atoms with Gasteiger partial charge in [0.2, 0.25) is 0 Å². The van der Waals surface area contributed by atoms with E-state index in [9.17, 15) is 29.4 Å². The number of carbonyl (C=O) groups excluding carboxylic acids is 3. The maximum absolute atomic E-state index is 13.1. The Morgan fingerprint density at radius 3 is 2.60 bits per heavy atom. The van der Waals surface area contributed by atoms with E-state index in [2.05, 4.69) is 10.2 Å². The molecule has 2 bridgehead atoms. The van der Waals surface area contributed by atoms with E-state index in [1.807, 2.05) is 19.2 Å². The molecule has 2 unspecified atom stereocenters. The molecule has 0 aromatic heterocycles. The van der Waals surface area contributed by atoms with Gasteiger partial charge in [-0.2, -0.15) is 0 Å². The molecule has 13 nitrogen and oxygen atoms in total. The van der Waals surface area contributed by atoms with E-state index < -0.39 is 65.3 Å². The summed E-state index contributed by atoms with van der Waals surface area (Å²) in [6, 6.07) is 1.95. The summed E-state index contributed by atoms with van der Waals surface area (Å²) in [6.07, 6.45) is -1.07. The van der Waals surface area contributed by atoms with Gasteiger partial charge in [-0.15, -0.1) is 0 Å². The second-order valence-electron chi connectivity index (χ2n) is 12.6. The molecule has 43 heavy (non-hydrogen) atoms. The van der Waals surface area contributed by atoms with Crippen LogP contribution in [-0.2, 0) is 40.4 Å². The van der Waals surface area contributed by atoms with E-state index in [0.29, 0.717) is 30.9 Å². The summed E-state index contributed by atoms with van der Waals surface area (Å²) in [5.74, 6) is -2.16. The number of esters is 1. The maximum atomic E-state index is 13.1. The number of nitrogens with one attached hydrogen (secondary N) is 1. The number of carboxylic acid groups (broad SMARTS) is 1. The number of likely N-dealkylation sites (N-methyl/N-ethyl adjacent to an activating group) is 1. The topological polar surface area (TPSA) is 170 Å². The molecule has 1 saturated heterocycles. The lowest BCUT2D eigenvalue weighted by Gasteiger charge is -2.61. The van der Waals surface area contributed by atoms with Crippen molar-refractivity contribution in [2.75, 3.05) is 20.7 Å². The lowest BCUT2D eigenvalue weighted by atomic mass is 9.50. The molecule has 2 heterocycles. The second kappa shape index (κ2) is 10.7. The van der Waals surface area contributed by atoms with E-state index in [0.717, 1.165) is 11.1 Å². The highest BCUT2D eigenvalue weighted by Crippen LogP contribution is 2.65. The van der Waals surface area contributed by atoms with Crippen molar-refractivity contribution in [3.63, 3.8) is 0 Å². The van der Waals surface area contributed by atoms with Crippen molar-refractivity contribution in [1.29, 1.82) is 0 Å². The van der Waals surface area contributed by atoms with Crippen molar-refractivity contribution < 1.29 is 53.1 Å². The van der Waals surface area contributed by atoms with Crippen molar-refractivity contribution in [2.45, 2.75) is 94.3 Å². The summed E-state index contributed by atoms with van der Waals surface area (Å²) in [5.41, 5.74) is -1.07. The van der Waals surface area contributed by atoms with Crippen LogP contribution < -0.4 is 14.8 Å². The number of likely N-dealkylation sites (tertiary alicyclic amines) is 1. The second-order valence-corrected chi connectivity index (χ2v) is 12.6. The number of methoxy groups -OCH3 is 1. The zero-order valence-corrected chi connectivity index (χ0v) is 25.1. The van der Waals surface area contributed by atoms with Gasteiger partial charge in [0.25, 0.3) is 5.91 Å². The SMILES string of the molecule is COc1ccc2c3c1O[C@H]1C(OC(=O)CC(NC(=O)C(C)OC(=O)OC(C)(C)C)C(=O)O)=CC[C@@]4(O)[C@@H](C2)N(C)CC[C@]314. The monoisotopic (exact) mass is 602 g/mol. The van der Waals surface area contributed by atoms with Crippen LogP contribution in [0, 0.1) is 0 Å². The van der Waals surface area contributed by atoms with Crippen LogP contribution in [0.3, 0.4) is 0 Å². The van der Waals surface area contributed by atoms with Gasteiger partial charge in [0.1, 0.15) is 17.4 Å². The van der Waals surface area contributed by atoms with E-state index in [1.165, 1.54) is 14.0 Å². The highest BCUT2D eigenvalue weighted by atomic mass is 16.7. The Morgan fingerprint density at radius 2 is 1.95 bits per heavy atom. The minimum atomic E-state index is -1.67. The first-order valence-corrected chi connectivity index (χ1v) is 14.2. The highest BCUT2D eigenvalue weighted by molar-refractivity contribution is 5.89. The van der Waals surface area contributed by atoms with Crippen molar-refractivity contribution >= 4 is 24.0 Å². The van der Waals surface area contributed by atoms with E-state index in [1.54, 1.807) is 26.8 Å². The fraction of sp³-hybridized carbons (Fsp3) is 0.600. The molecule has 5 rings (SSSR count). The third-order valence-electron chi connectivity index (χ3n) is 8.81. The zero-order valence-electron chi connectivity index (χ0n) is 25.1. The fourth-order valence-electron chi connectivity index (χ4n) is 6.89. The third kappa shape index (κ3) is 5.07. The summed E-state index contributed by atoms with van der Waals surface area (Å²) in [5, 5.41) is 24.2. The minimum Gasteiger partial charge on any atom is -0.493 e. The highest BCUT2D eigenvalue weighted by Gasteiger charge is 2.72. The summed E-state index contributed by atoms with van der Waals surface area (Å²) in [7, 11) is 3.51. The van der Waals surface area contributed by atoms with Crippen molar-refractivity contribution in [2.24, 2.45) is 0 Å². The van der Waals surface area contributed by atoms with Crippen LogP contribution in [0.2, 0.25) is 0 Å². The third-order valence-corrected chi connectivity index (χ3v) is 8.81. The maximum Gasteiger partial charge on any atom is 0.509 e. The number of aliphatic hydroxyl groups is 1. The first-order chi connectivity index (χ1) is 20.1. The standard InChI is InChI=1S/C30H38N2O11/c1-15(40-27(37)43-28(2,3)4)25(34)31-17(26(35)36)14-21(33)41-19-9-10-30(38)20-13-16-7-8-18(39-6)23-22(16)29(30,24(19)42-23)11-12-32(20)5/h7-9,15,17,20,24,38H,10-14H2,1-6H3,(H,31,34)(H,35,36)/t15?,17?,20-,24+,29+,30-/m1/s1. The molecule has 1 spiro atoms. The number of carbonyl (C=O) groups is 4. The average molecular weight is 603 g/mol. The van der Waals surface area contributed by atoms with Gasteiger partial charge in [-0.1, -0.05) is 6.07 Å². The molecule has 1 aromatic rings. The van der Waals surface area contributed by atoms with E-state index in [-0.39, 0.29) is 18.2 Å². The normalized spacial score (nSPS) is 28.3. The van der Waals surface area contributed by atoms with Gasteiger partial charge < -0.3 is 44.1 Å². The van der Waals surface area contributed by atoms with Crippen molar-refractivity contribution in [3.05, 3.63) is 35.1 Å². The zero-order chi connectivity index (χ0) is 31.5. The Kier molecular flexibility index (Phi) is 7.62. The Labute approximate surface area is 249 Å². The summed E-state index contributed by atoms with van der Waals surface area (Å²) < 4.78 is 27.7. The predicted octanol–water partition coefficient (Wildman–Crippen LogP) is 1.82. The number of piperidine rings is 1. The quantitative estimate of drug-likeness (QED) is 0.370. The minimum absolute atomic E-state index is 0.168. The number of hydrogen-bond acceptors (Lipinski definition) is 11. The molecule has 2 aliphatic carbocycles. The van der Waals surface area contributed by atoms with Gasteiger partial charge >= 0.3 is 18.1 Å². The van der Waals surface area contributed by atoms with Crippen LogP contribution >= 0.6 is 0 Å². The average Bonchev–Trinajstić information content (AvgIpc) is 3.26. The first-order valence-electron chi connectivity index (χ1n) is 14.2. The molecule has 6 atom stereocenters. The van der Waals surface area contributed by atoms with Gasteiger partial charge in [-0.3, -0.25) is 9.59 Å². The van der Waals surface area contributed by atoms with Crippen LogP contribution in [0.1, 0.15) is 58.1 Å². The summed E-state index contributed by atoms with van der Waals surface area (Å²) >= 11 is 0. The molecular formula is C30H38N2O11. The van der Waals surface area contributed by atoms with Gasteiger partial charge in [-0.05, 0) is 71.8 Å². The lowest BCUT2D eigenvalue weighted by molar-refractivity contribution is -0.169. The van der Waals surface area contributed by atoms with E-state index in [4.69, 9.17) is 23.7 Å². The van der Waals surface area contributed by atoms with Crippen LogP contribution in [0.25, 0.3) is 0 Å². The van der Waals surface area contributed by atoms with Gasteiger partial charge in [0, 0.05) is 18.0 Å². The molecule has 1 fully saturated rings. The molecule has 1 amide bonds. The molecule has 4 aliphatic rings. The number of nitrogens with zero attached hydrogens (tertiary/aromatic N) is 1. The molecule has 234 valence electrons. The predicted molar refractivity (Wildman–Crippen MR) is 149 cm³/mol. The smallest absolute Gasteiger partial charge is 0.493 e. The van der Waals surface area contributed by atoms with Crippen molar-refractivity contribution in [3.8, 4) is 11.5 Å². The molecule has 0 saturated carbocycles. The molecule has 0 radical (unpaired) electrons. The summed E-state index contributed by atoms with van der Waals surface area (Å²) in [4.78, 5) is 51.7. The van der Waals surface area contributed by atoms with Crippen LogP contribution in [0.15, 0.2) is 24.0 Å². The number of amides is 1. The number of aliphatic carboxylic acids is 1. The number of rotatable bonds is 8. The number of benzene rings is 1. The number of carboxylic acids is 1. The molecule has 13 heteroatoms. The van der Waals surface area contributed by atoms with Gasteiger partial charge in [0.15, 0.2) is 23.7 Å². The number of hydrogen-bond donors (Lipinski definition) is 3. The van der Waals surface area contributed by atoms with Crippen molar-refractivity contribution in [1.82, 2.24) is 10.2 Å². The largest absolute Gasteiger partial charge is 0.509 e. The molecule has 1 aromatic carbocycles. The Hall–Kier alpha value is -3.84. The Morgan fingerprint density at radius 1 is 1.23 bits per heavy atom.